The largest absolute Gasteiger partial charge is 0.344 e. The van der Waals surface area contributed by atoms with Crippen LogP contribution >= 0.6 is 0 Å². The molecule has 3 aromatic rings. The quantitative estimate of drug-likeness (QED) is 0.367. The van der Waals surface area contributed by atoms with Gasteiger partial charge in [-0.3, -0.25) is 10.0 Å². The van der Waals surface area contributed by atoms with Crippen LogP contribution in [0.3, 0.4) is 0 Å². The number of carbonyl (C=O) groups is 1. The molecule has 1 aliphatic rings. The number of fused-ring (bicyclic) bond motifs is 1. The van der Waals surface area contributed by atoms with Gasteiger partial charge in [-0.15, -0.1) is 0 Å². The van der Waals surface area contributed by atoms with E-state index in [9.17, 15) is 13.6 Å². The first kappa shape index (κ1) is 24.4. The normalized spacial score (nSPS) is 15.7. The second-order valence-corrected chi connectivity index (χ2v) is 10.1. The zero-order chi connectivity index (χ0) is 24.5. The van der Waals surface area contributed by atoms with E-state index in [1.807, 2.05) is 18.2 Å². The molecule has 2 aromatic carbocycles. The van der Waals surface area contributed by atoms with E-state index in [0.717, 1.165) is 60.2 Å². The first-order chi connectivity index (χ1) is 16.1. The number of benzene rings is 2. The lowest BCUT2D eigenvalue weighted by molar-refractivity contribution is 0.0706. The molecule has 2 N–H and O–H groups in total. The summed E-state index contributed by atoms with van der Waals surface area (Å²) in [4.78, 5) is 13.8. The maximum absolute atomic E-state index is 14.2. The summed E-state index contributed by atoms with van der Waals surface area (Å²) in [6.07, 6.45) is 2.64. The van der Waals surface area contributed by atoms with Crippen LogP contribution < -0.4 is 5.48 Å². The van der Waals surface area contributed by atoms with Crippen LogP contribution in [0.4, 0.5) is 8.78 Å². The smallest absolute Gasteiger partial charge is 0.274 e. The minimum atomic E-state index is -1.18. The summed E-state index contributed by atoms with van der Waals surface area (Å²) in [5.74, 6) is -0.326. The lowest BCUT2D eigenvalue weighted by Gasteiger charge is -2.34. The van der Waals surface area contributed by atoms with Gasteiger partial charge in [-0.1, -0.05) is 12.1 Å². The molecule has 4 rings (SSSR count). The Hall–Kier alpha value is -2.77. The summed E-state index contributed by atoms with van der Waals surface area (Å²) in [5.41, 5.74) is 5.05. The number of piperidine rings is 1. The lowest BCUT2D eigenvalue weighted by atomic mass is 9.95. The van der Waals surface area contributed by atoms with Crippen LogP contribution in [0.2, 0.25) is 0 Å². The van der Waals surface area contributed by atoms with Gasteiger partial charge >= 0.3 is 0 Å². The molecule has 0 spiro atoms. The molecular formula is C27H33F2N3O2. The molecular weight excluding hydrogens is 436 g/mol. The second kappa shape index (κ2) is 9.84. The molecule has 0 aliphatic carbocycles. The van der Waals surface area contributed by atoms with Crippen molar-refractivity contribution < 1.29 is 18.8 Å². The third-order valence-electron chi connectivity index (χ3n) is 6.86. The number of carbonyl (C=O) groups excluding carboxylic acids is 1. The van der Waals surface area contributed by atoms with E-state index in [1.54, 1.807) is 37.5 Å². The second-order valence-electron chi connectivity index (χ2n) is 10.1. The van der Waals surface area contributed by atoms with Gasteiger partial charge in [-0.25, -0.2) is 14.3 Å². The van der Waals surface area contributed by atoms with E-state index in [0.29, 0.717) is 24.4 Å². The number of amides is 1. The van der Waals surface area contributed by atoms with Crippen LogP contribution in [-0.4, -0.2) is 45.9 Å². The monoisotopic (exact) mass is 469 g/mol. The van der Waals surface area contributed by atoms with Crippen LogP contribution in [-0.2, 0) is 13.0 Å². The molecule has 7 heteroatoms. The number of likely N-dealkylation sites (tertiary alicyclic amines) is 1. The molecule has 2 heterocycles. The fourth-order valence-electron chi connectivity index (χ4n) is 5.14. The van der Waals surface area contributed by atoms with Crippen molar-refractivity contribution in [3.63, 3.8) is 0 Å². The van der Waals surface area contributed by atoms with Gasteiger partial charge in [0.05, 0.1) is 0 Å². The molecule has 5 nitrogen and oxygen atoms in total. The topological polar surface area (TPSA) is 57.5 Å². The van der Waals surface area contributed by atoms with Gasteiger partial charge in [0.25, 0.3) is 5.91 Å². The predicted octanol–water partition coefficient (Wildman–Crippen LogP) is 5.26. The van der Waals surface area contributed by atoms with Gasteiger partial charge in [-0.05, 0) is 100 Å². The van der Waals surface area contributed by atoms with Gasteiger partial charge in [0.2, 0.25) is 0 Å². The first-order valence-electron chi connectivity index (χ1n) is 11.9. The van der Waals surface area contributed by atoms with Gasteiger partial charge < -0.3 is 9.47 Å². The highest BCUT2D eigenvalue weighted by Crippen LogP contribution is 2.31. The van der Waals surface area contributed by atoms with Gasteiger partial charge in [0, 0.05) is 35.2 Å². The van der Waals surface area contributed by atoms with Crippen molar-refractivity contribution >= 4 is 16.8 Å². The highest BCUT2D eigenvalue weighted by Gasteiger charge is 2.26. The third-order valence-corrected chi connectivity index (χ3v) is 6.86. The number of hydrogen-bond acceptors (Lipinski definition) is 3. The Morgan fingerprint density at radius 2 is 1.82 bits per heavy atom. The van der Waals surface area contributed by atoms with Gasteiger partial charge in [-0.2, -0.15) is 0 Å². The van der Waals surface area contributed by atoms with Crippen molar-refractivity contribution in [3.8, 4) is 0 Å². The van der Waals surface area contributed by atoms with Crippen LogP contribution in [0.15, 0.2) is 42.5 Å². The fourth-order valence-corrected chi connectivity index (χ4v) is 5.14. The maximum Gasteiger partial charge on any atom is 0.274 e. The molecule has 34 heavy (non-hydrogen) atoms. The zero-order valence-corrected chi connectivity index (χ0v) is 20.1. The van der Waals surface area contributed by atoms with E-state index in [1.165, 1.54) is 6.07 Å². The minimum absolute atomic E-state index is 0.261. The first-order valence-corrected chi connectivity index (χ1v) is 11.9. The molecule has 1 fully saturated rings. The van der Waals surface area contributed by atoms with Crippen molar-refractivity contribution in [2.45, 2.75) is 52.2 Å². The zero-order valence-electron chi connectivity index (χ0n) is 20.1. The molecule has 1 aromatic heterocycles. The Morgan fingerprint density at radius 3 is 2.44 bits per heavy atom. The van der Waals surface area contributed by atoms with Gasteiger partial charge in [0.1, 0.15) is 11.5 Å². The number of nitrogens with one attached hydrogen (secondary N) is 1. The number of aromatic nitrogens is 1. The molecule has 0 atom stereocenters. The molecule has 0 radical (unpaired) electrons. The molecule has 1 saturated heterocycles. The average molecular weight is 470 g/mol. The fraction of sp³-hybridized carbons (Fsp3) is 0.444. The third kappa shape index (κ3) is 5.47. The summed E-state index contributed by atoms with van der Waals surface area (Å²) >= 11 is 0. The summed E-state index contributed by atoms with van der Waals surface area (Å²) in [6.45, 7) is 8.45. The molecule has 182 valence electrons. The highest BCUT2D eigenvalue weighted by atomic mass is 19.1. The molecule has 1 amide bonds. The van der Waals surface area contributed by atoms with Crippen LogP contribution in [0, 0.1) is 18.7 Å². The Balaban J connectivity index is 1.56. The summed E-state index contributed by atoms with van der Waals surface area (Å²) in [7, 11) is 0. The number of rotatable bonds is 7. The molecule has 0 saturated carbocycles. The summed E-state index contributed by atoms with van der Waals surface area (Å²) in [6, 6.07) is 12.0. The van der Waals surface area contributed by atoms with E-state index in [-0.39, 0.29) is 5.82 Å². The predicted molar refractivity (Wildman–Crippen MR) is 129 cm³/mol. The lowest BCUT2D eigenvalue weighted by Crippen LogP contribution is -2.41. The number of alkyl halides is 1. The average Bonchev–Trinajstić information content (AvgIpc) is 3.04. The van der Waals surface area contributed by atoms with Crippen molar-refractivity contribution in [1.29, 1.82) is 0 Å². The van der Waals surface area contributed by atoms with Crippen LogP contribution in [0.25, 0.3) is 10.9 Å². The van der Waals surface area contributed by atoms with Gasteiger partial charge in [0.15, 0.2) is 0 Å². The molecule has 0 unspecified atom stereocenters. The Bertz CT molecular complexity index is 1160. The van der Waals surface area contributed by atoms with Crippen molar-refractivity contribution in [3.05, 3.63) is 70.7 Å². The number of halogens is 2. The van der Waals surface area contributed by atoms with Crippen LogP contribution in [0.1, 0.15) is 53.9 Å². The minimum Gasteiger partial charge on any atom is -0.344 e. The van der Waals surface area contributed by atoms with E-state index in [4.69, 9.17) is 5.21 Å². The standard InChI is InChI=1S/C27H33F2N3O2/c1-18-23(14-19-4-6-21(7-5-19)26(33)30-34)24-15-22(28)8-9-25(24)32(18)16-20-10-12-31(13-11-20)17-27(2,3)29/h4-9,15,20,34H,10-14,16-17H2,1-3H3,(H,30,33). The number of hydroxylamine groups is 1. The number of hydrogen-bond donors (Lipinski definition) is 2. The number of nitrogens with zero attached hydrogens (tertiary/aromatic N) is 2. The SMILES string of the molecule is Cc1c(Cc2ccc(C(=O)NO)cc2)c2cc(F)ccc2n1CC1CCN(CC(C)(C)F)CC1. The van der Waals surface area contributed by atoms with Crippen molar-refractivity contribution in [2.75, 3.05) is 19.6 Å². The Kier molecular flexibility index (Phi) is 7.05. The van der Waals surface area contributed by atoms with E-state index >= 15 is 0 Å². The van der Waals surface area contributed by atoms with Crippen LogP contribution in [0.5, 0.6) is 0 Å². The summed E-state index contributed by atoms with van der Waals surface area (Å²) in [5, 5.41) is 9.73. The maximum atomic E-state index is 14.2. The Morgan fingerprint density at radius 1 is 1.15 bits per heavy atom. The molecule has 0 bridgehead atoms. The van der Waals surface area contributed by atoms with Crippen molar-refractivity contribution in [2.24, 2.45) is 5.92 Å². The highest BCUT2D eigenvalue weighted by molar-refractivity contribution is 5.93. The molecule has 1 aliphatic heterocycles. The van der Waals surface area contributed by atoms with E-state index < -0.39 is 11.6 Å². The summed E-state index contributed by atoms with van der Waals surface area (Å²) < 4.78 is 30.5. The van der Waals surface area contributed by atoms with E-state index in [2.05, 4.69) is 16.4 Å². The Labute approximate surface area is 199 Å². The van der Waals surface area contributed by atoms with Crippen molar-refractivity contribution in [1.82, 2.24) is 14.9 Å².